The summed E-state index contributed by atoms with van der Waals surface area (Å²) in [6.07, 6.45) is 1.79. The maximum absolute atomic E-state index is 11.9. The molecular formula is C13H25N5O. The minimum atomic E-state index is -0.216. The summed E-state index contributed by atoms with van der Waals surface area (Å²) in [6, 6.07) is 0.327. The van der Waals surface area contributed by atoms with Crippen LogP contribution in [-0.4, -0.2) is 52.7 Å². The molecule has 1 aromatic rings. The molecule has 0 aliphatic carbocycles. The number of aryl methyl sites for hydroxylation is 1. The quantitative estimate of drug-likeness (QED) is 0.775. The lowest BCUT2D eigenvalue weighted by atomic mass is 10.0. The summed E-state index contributed by atoms with van der Waals surface area (Å²) in [7, 11) is 4.06. The summed E-state index contributed by atoms with van der Waals surface area (Å²) in [4.78, 5) is 18.2. The van der Waals surface area contributed by atoms with Crippen LogP contribution in [0.3, 0.4) is 0 Å². The summed E-state index contributed by atoms with van der Waals surface area (Å²) in [5.74, 6) is 1.33. The van der Waals surface area contributed by atoms with Gasteiger partial charge < -0.3 is 10.2 Å². The van der Waals surface area contributed by atoms with Crippen LogP contribution in [0.4, 0.5) is 0 Å². The van der Waals surface area contributed by atoms with Gasteiger partial charge in [0.25, 0.3) is 5.91 Å². The van der Waals surface area contributed by atoms with Crippen LogP contribution in [0.15, 0.2) is 0 Å². The number of carbonyl (C=O) groups excluding carboxylic acids is 1. The number of hydrogen-bond donors (Lipinski definition) is 2. The summed E-state index contributed by atoms with van der Waals surface area (Å²) in [5, 5.41) is 9.55. The van der Waals surface area contributed by atoms with Crippen molar-refractivity contribution in [2.24, 2.45) is 5.92 Å². The van der Waals surface area contributed by atoms with Crippen LogP contribution in [0.5, 0.6) is 0 Å². The van der Waals surface area contributed by atoms with Gasteiger partial charge in [-0.2, -0.15) is 0 Å². The minimum absolute atomic E-state index is 0.216. The van der Waals surface area contributed by atoms with Crippen LogP contribution < -0.4 is 5.32 Å². The smallest absolute Gasteiger partial charge is 0.291 e. The number of nitrogens with one attached hydrogen (secondary N) is 2. The van der Waals surface area contributed by atoms with Gasteiger partial charge in [-0.05, 0) is 26.4 Å². The standard InChI is InChI=1S/C13H25N5O/c1-6-11-15-12(17-16-11)13(19)14-8-10(18(4)5)7-9(2)3/h9-10H,6-8H2,1-5H3,(H,14,19)(H,15,16,17). The molecule has 19 heavy (non-hydrogen) atoms. The lowest BCUT2D eigenvalue weighted by Crippen LogP contribution is -2.41. The van der Waals surface area contributed by atoms with Crippen molar-refractivity contribution in [3.8, 4) is 0 Å². The lowest BCUT2D eigenvalue weighted by molar-refractivity contribution is 0.0928. The zero-order valence-corrected chi connectivity index (χ0v) is 12.5. The van der Waals surface area contributed by atoms with E-state index in [1.807, 2.05) is 21.0 Å². The highest BCUT2D eigenvalue weighted by Crippen LogP contribution is 2.08. The van der Waals surface area contributed by atoms with E-state index >= 15 is 0 Å². The van der Waals surface area contributed by atoms with Gasteiger partial charge in [-0.3, -0.25) is 9.89 Å². The van der Waals surface area contributed by atoms with Crippen molar-refractivity contribution in [2.75, 3.05) is 20.6 Å². The highest BCUT2D eigenvalue weighted by Gasteiger charge is 2.17. The predicted molar refractivity (Wildman–Crippen MR) is 75.0 cm³/mol. The number of hydrogen-bond acceptors (Lipinski definition) is 4. The van der Waals surface area contributed by atoms with E-state index in [1.54, 1.807) is 0 Å². The van der Waals surface area contributed by atoms with Gasteiger partial charge >= 0.3 is 0 Å². The van der Waals surface area contributed by atoms with Gasteiger partial charge in [-0.1, -0.05) is 20.8 Å². The van der Waals surface area contributed by atoms with Crippen LogP contribution in [0.25, 0.3) is 0 Å². The van der Waals surface area contributed by atoms with E-state index in [1.165, 1.54) is 0 Å². The number of aromatic amines is 1. The molecule has 0 radical (unpaired) electrons. The molecule has 1 heterocycles. The highest BCUT2D eigenvalue weighted by atomic mass is 16.2. The van der Waals surface area contributed by atoms with Gasteiger partial charge in [-0.15, -0.1) is 5.10 Å². The van der Waals surface area contributed by atoms with Crippen molar-refractivity contribution in [3.63, 3.8) is 0 Å². The highest BCUT2D eigenvalue weighted by molar-refractivity contribution is 5.90. The molecule has 0 aliphatic heterocycles. The first-order chi connectivity index (χ1) is 8.93. The average Bonchev–Trinajstić information content (AvgIpc) is 2.82. The molecule has 0 saturated heterocycles. The summed E-state index contributed by atoms with van der Waals surface area (Å²) in [5.41, 5.74) is 0. The van der Waals surface area contributed by atoms with Crippen LogP contribution in [0.2, 0.25) is 0 Å². The third-order valence-corrected chi connectivity index (χ3v) is 3.04. The average molecular weight is 267 g/mol. The number of likely N-dealkylation sites (N-methyl/N-ethyl adjacent to an activating group) is 1. The first kappa shape index (κ1) is 15.6. The van der Waals surface area contributed by atoms with Crippen LogP contribution in [-0.2, 0) is 6.42 Å². The Bertz CT molecular complexity index is 399. The molecule has 1 aromatic heterocycles. The summed E-state index contributed by atoms with van der Waals surface area (Å²) < 4.78 is 0. The minimum Gasteiger partial charge on any atom is -0.348 e. The van der Waals surface area contributed by atoms with Gasteiger partial charge in [0, 0.05) is 19.0 Å². The van der Waals surface area contributed by atoms with E-state index < -0.39 is 0 Å². The fourth-order valence-electron chi connectivity index (χ4n) is 1.87. The number of aromatic nitrogens is 3. The van der Waals surface area contributed by atoms with Gasteiger partial charge in [0.05, 0.1) is 0 Å². The van der Waals surface area contributed by atoms with Crippen molar-refractivity contribution >= 4 is 5.91 Å². The van der Waals surface area contributed by atoms with Crippen LogP contribution in [0.1, 0.15) is 43.6 Å². The van der Waals surface area contributed by atoms with Crippen molar-refractivity contribution in [2.45, 2.75) is 39.7 Å². The maximum atomic E-state index is 11.9. The van der Waals surface area contributed by atoms with Crippen LogP contribution >= 0.6 is 0 Å². The lowest BCUT2D eigenvalue weighted by Gasteiger charge is -2.25. The Balaban J connectivity index is 2.51. The van der Waals surface area contributed by atoms with E-state index in [4.69, 9.17) is 0 Å². The summed E-state index contributed by atoms with van der Waals surface area (Å²) >= 11 is 0. The molecule has 0 aromatic carbocycles. The molecule has 1 rings (SSSR count). The second kappa shape index (κ2) is 7.23. The normalized spacial score (nSPS) is 13.0. The third kappa shape index (κ3) is 4.98. The number of rotatable bonds is 7. The van der Waals surface area contributed by atoms with Crippen molar-refractivity contribution in [1.82, 2.24) is 25.4 Å². The molecule has 2 N–H and O–H groups in total. The Morgan fingerprint density at radius 3 is 2.58 bits per heavy atom. The third-order valence-electron chi connectivity index (χ3n) is 3.04. The molecule has 0 saturated carbocycles. The van der Waals surface area contributed by atoms with Crippen molar-refractivity contribution < 1.29 is 4.79 Å². The predicted octanol–water partition coefficient (Wildman–Crippen LogP) is 1.07. The monoisotopic (exact) mass is 267 g/mol. The fraction of sp³-hybridized carbons (Fsp3) is 0.769. The van der Waals surface area contributed by atoms with Gasteiger partial charge in [-0.25, -0.2) is 4.98 Å². The van der Waals surface area contributed by atoms with E-state index in [9.17, 15) is 4.79 Å². The van der Waals surface area contributed by atoms with Crippen molar-refractivity contribution in [3.05, 3.63) is 11.6 Å². The molecule has 0 aliphatic rings. The maximum Gasteiger partial charge on any atom is 0.291 e. The van der Waals surface area contributed by atoms with E-state index in [0.29, 0.717) is 18.5 Å². The number of H-pyrrole nitrogens is 1. The number of carbonyl (C=O) groups is 1. The molecule has 1 unspecified atom stereocenters. The van der Waals surface area contributed by atoms with E-state index in [2.05, 4.69) is 39.2 Å². The first-order valence-corrected chi connectivity index (χ1v) is 6.79. The molecule has 0 fully saturated rings. The molecule has 108 valence electrons. The second-order valence-electron chi connectivity index (χ2n) is 5.42. The Hall–Kier alpha value is -1.43. The van der Waals surface area contributed by atoms with E-state index in [-0.39, 0.29) is 11.7 Å². The Labute approximate surface area is 115 Å². The molecule has 6 nitrogen and oxygen atoms in total. The van der Waals surface area contributed by atoms with Gasteiger partial charge in [0.2, 0.25) is 5.82 Å². The largest absolute Gasteiger partial charge is 0.348 e. The van der Waals surface area contributed by atoms with Crippen LogP contribution in [0, 0.1) is 5.92 Å². The van der Waals surface area contributed by atoms with Crippen molar-refractivity contribution in [1.29, 1.82) is 0 Å². The first-order valence-electron chi connectivity index (χ1n) is 6.79. The number of nitrogens with zero attached hydrogens (tertiary/aromatic N) is 3. The Morgan fingerprint density at radius 2 is 2.11 bits per heavy atom. The SMILES string of the molecule is CCc1nc(C(=O)NCC(CC(C)C)N(C)C)n[nH]1. The van der Waals surface area contributed by atoms with Gasteiger partial charge in [0.1, 0.15) is 5.82 Å². The zero-order chi connectivity index (χ0) is 14.4. The second-order valence-corrected chi connectivity index (χ2v) is 5.42. The zero-order valence-electron chi connectivity index (χ0n) is 12.5. The topological polar surface area (TPSA) is 73.9 Å². The fourth-order valence-corrected chi connectivity index (χ4v) is 1.87. The molecular weight excluding hydrogens is 242 g/mol. The Morgan fingerprint density at radius 1 is 1.42 bits per heavy atom. The summed E-state index contributed by atoms with van der Waals surface area (Å²) in [6.45, 7) is 6.94. The van der Waals surface area contributed by atoms with Gasteiger partial charge in [0.15, 0.2) is 0 Å². The molecule has 1 amide bonds. The van der Waals surface area contributed by atoms with E-state index in [0.717, 1.165) is 18.7 Å². The molecule has 0 spiro atoms. The molecule has 0 bridgehead atoms. The Kier molecular flexibility index (Phi) is 5.95. The molecule has 1 atom stereocenters. The molecule has 6 heteroatoms. The number of amides is 1.